The first kappa shape index (κ1) is 15.5. The Morgan fingerprint density at radius 3 is 2.70 bits per heavy atom. The van der Waals surface area contributed by atoms with Gasteiger partial charge in [0.15, 0.2) is 0 Å². The summed E-state index contributed by atoms with van der Waals surface area (Å²) in [5.41, 5.74) is 2.41. The first-order chi connectivity index (χ1) is 9.28. The molecule has 0 amide bonds. The third-order valence-corrected chi connectivity index (χ3v) is 4.30. The molecule has 0 aromatic heterocycles. The zero-order valence-electron chi connectivity index (χ0n) is 13.3. The van der Waals surface area contributed by atoms with Crippen molar-refractivity contribution >= 4 is 0 Å². The van der Waals surface area contributed by atoms with Gasteiger partial charge >= 0.3 is 0 Å². The van der Waals surface area contributed by atoms with E-state index in [2.05, 4.69) is 37.9 Å². The fraction of sp³-hybridized carbons (Fsp3) is 0.647. The molecule has 20 heavy (non-hydrogen) atoms. The van der Waals surface area contributed by atoms with E-state index in [0.717, 1.165) is 25.2 Å². The normalized spacial score (nSPS) is 23.2. The number of nitrogens with zero attached hydrogens (tertiary/aromatic N) is 1. The standard InChI is InChI=1S/C17H27FN2/c1-12(2)16-9-19-17(4,5)11-20(16)10-14-6-7-15(18)8-13(14)3/h6-8,12,16,19H,9-11H2,1-5H3. The van der Waals surface area contributed by atoms with Crippen LogP contribution >= 0.6 is 0 Å². The number of piperazine rings is 1. The summed E-state index contributed by atoms with van der Waals surface area (Å²) in [6.07, 6.45) is 0. The molecule has 2 rings (SSSR count). The first-order valence-electron chi connectivity index (χ1n) is 7.52. The predicted octanol–water partition coefficient (Wildman–Crippen LogP) is 3.34. The summed E-state index contributed by atoms with van der Waals surface area (Å²) in [5, 5.41) is 3.63. The maximum absolute atomic E-state index is 13.2. The highest BCUT2D eigenvalue weighted by atomic mass is 19.1. The van der Waals surface area contributed by atoms with E-state index in [4.69, 9.17) is 0 Å². The van der Waals surface area contributed by atoms with Crippen LogP contribution in [0.5, 0.6) is 0 Å². The molecule has 0 spiro atoms. The van der Waals surface area contributed by atoms with Crippen LogP contribution in [0.4, 0.5) is 4.39 Å². The second-order valence-corrected chi connectivity index (χ2v) is 7.05. The molecule has 1 saturated heterocycles. The predicted molar refractivity (Wildman–Crippen MR) is 82.3 cm³/mol. The molecule has 112 valence electrons. The van der Waals surface area contributed by atoms with Crippen LogP contribution in [0, 0.1) is 18.7 Å². The highest BCUT2D eigenvalue weighted by Gasteiger charge is 2.33. The van der Waals surface area contributed by atoms with Crippen molar-refractivity contribution in [2.75, 3.05) is 13.1 Å². The molecule has 1 unspecified atom stereocenters. The summed E-state index contributed by atoms with van der Waals surface area (Å²) < 4.78 is 13.2. The monoisotopic (exact) mass is 278 g/mol. The van der Waals surface area contributed by atoms with E-state index >= 15 is 0 Å². The lowest BCUT2D eigenvalue weighted by molar-refractivity contribution is 0.0626. The van der Waals surface area contributed by atoms with Crippen molar-refractivity contribution in [2.24, 2.45) is 5.92 Å². The molecule has 1 atom stereocenters. The minimum atomic E-state index is -0.146. The van der Waals surface area contributed by atoms with Crippen molar-refractivity contribution in [2.45, 2.75) is 52.7 Å². The SMILES string of the molecule is Cc1cc(F)ccc1CN1CC(C)(C)NCC1C(C)C. The summed E-state index contributed by atoms with van der Waals surface area (Å²) in [6, 6.07) is 5.66. The Labute approximate surface area is 122 Å². The van der Waals surface area contributed by atoms with E-state index in [1.807, 2.05) is 13.0 Å². The van der Waals surface area contributed by atoms with Crippen molar-refractivity contribution < 1.29 is 4.39 Å². The molecule has 1 aliphatic heterocycles. The lowest BCUT2D eigenvalue weighted by Crippen LogP contribution is -2.62. The van der Waals surface area contributed by atoms with Gasteiger partial charge in [-0.05, 0) is 49.9 Å². The summed E-state index contributed by atoms with van der Waals surface area (Å²) in [5.74, 6) is 0.464. The van der Waals surface area contributed by atoms with Crippen LogP contribution in [0.3, 0.4) is 0 Å². The average molecular weight is 278 g/mol. The summed E-state index contributed by atoms with van der Waals surface area (Å²) in [7, 11) is 0. The smallest absolute Gasteiger partial charge is 0.123 e. The van der Waals surface area contributed by atoms with Crippen molar-refractivity contribution in [1.29, 1.82) is 0 Å². The second-order valence-electron chi connectivity index (χ2n) is 7.05. The number of hydrogen-bond donors (Lipinski definition) is 1. The van der Waals surface area contributed by atoms with Gasteiger partial charge in [-0.15, -0.1) is 0 Å². The molecular weight excluding hydrogens is 251 g/mol. The van der Waals surface area contributed by atoms with E-state index in [9.17, 15) is 4.39 Å². The van der Waals surface area contributed by atoms with Crippen molar-refractivity contribution in [3.8, 4) is 0 Å². The second kappa shape index (κ2) is 5.82. The number of rotatable bonds is 3. The van der Waals surface area contributed by atoms with Crippen LogP contribution in [-0.2, 0) is 6.54 Å². The van der Waals surface area contributed by atoms with Gasteiger partial charge in [0.25, 0.3) is 0 Å². The van der Waals surface area contributed by atoms with Crippen LogP contribution in [0.25, 0.3) is 0 Å². The van der Waals surface area contributed by atoms with Gasteiger partial charge in [0.2, 0.25) is 0 Å². The zero-order chi connectivity index (χ0) is 14.9. The quantitative estimate of drug-likeness (QED) is 0.912. The Balaban J connectivity index is 2.18. The topological polar surface area (TPSA) is 15.3 Å². The van der Waals surface area contributed by atoms with Gasteiger partial charge in [0.05, 0.1) is 0 Å². The highest BCUT2D eigenvalue weighted by molar-refractivity contribution is 5.26. The van der Waals surface area contributed by atoms with Gasteiger partial charge in [0, 0.05) is 31.2 Å². The van der Waals surface area contributed by atoms with E-state index < -0.39 is 0 Å². The Morgan fingerprint density at radius 2 is 2.10 bits per heavy atom. The molecule has 1 aromatic rings. The molecule has 1 fully saturated rings. The molecule has 0 bridgehead atoms. The maximum atomic E-state index is 13.2. The molecule has 1 aliphatic rings. The Hall–Kier alpha value is -0.930. The number of hydrogen-bond acceptors (Lipinski definition) is 2. The first-order valence-corrected chi connectivity index (χ1v) is 7.52. The molecule has 0 aliphatic carbocycles. The fourth-order valence-corrected chi connectivity index (χ4v) is 3.08. The van der Waals surface area contributed by atoms with Gasteiger partial charge in [0.1, 0.15) is 5.82 Å². The summed E-state index contributed by atoms with van der Waals surface area (Å²) in [4.78, 5) is 2.54. The minimum absolute atomic E-state index is 0.138. The lowest BCUT2D eigenvalue weighted by atomic mass is 9.92. The fourth-order valence-electron chi connectivity index (χ4n) is 3.08. The van der Waals surface area contributed by atoms with Gasteiger partial charge in [-0.3, -0.25) is 4.90 Å². The molecule has 2 nitrogen and oxygen atoms in total. The van der Waals surface area contributed by atoms with Crippen LogP contribution in [-0.4, -0.2) is 29.6 Å². The van der Waals surface area contributed by atoms with E-state index in [0.29, 0.717) is 12.0 Å². The Kier molecular flexibility index (Phi) is 4.50. The number of benzene rings is 1. The van der Waals surface area contributed by atoms with Crippen LogP contribution in [0.1, 0.15) is 38.8 Å². The molecule has 1 heterocycles. The largest absolute Gasteiger partial charge is 0.309 e. The van der Waals surface area contributed by atoms with Crippen molar-refractivity contribution in [1.82, 2.24) is 10.2 Å². The zero-order valence-corrected chi connectivity index (χ0v) is 13.3. The number of halogens is 1. The lowest BCUT2D eigenvalue weighted by Gasteiger charge is -2.46. The van der Waals surface area contributed by atoms with Crippen molar-refractivity contribution in [3.63, 3.8) is 0 Å². The van der Waals surface area contributed by atoms with Crippen LogP contribution in [0.15, 0.2) is 18.2 Å². The van der Waals surface area contributed by atoms with Gasteiger partial charge in [-0.1, -0.05) is 19.9 Å². The van der Waals surface area contributed by atoms with E-state index in [1.165, 1.54) is 5.56 Å². The van der Waals surface area contributed by atoms with Crippen LogP contribution in [0.2, 0.25) is 0 Å². The summed E-state index contributed by atoms with van der Waals surface area (Å²) in [6.45, 7) is 14.0. The van der Waals surface area contributed by atoms with Gasteiger partial charge in [-0.2, -0.15) is 0 Å². The number of aryl methyl sites for hydroxylation is 1. The van der Waals surface area contributed by atoms with Crippen LogP contribution < -0.4 is 5.32 Å². The van der Waals surface area contributed by atoms with Gasteiger partial charge in [-0.25, -0.2) is 4.39 Å². The highest BCUT2D eigenvalue weighted by Crippen LogP contribution is 2.23. The molecule has 0 radical (unpaired) electrons. The van der Waals surface area contributed by atoms with Crippen molar-refractivity contribution in [3.05, 3.63) is 35.1 Å². The molecule has 1 aromatic carbocycles. The third kappa shape index (κ3) is 3.58. The van der Waals surface area contributed by atoms with E-state index in [1.54, 1.807) is 12.1 Å². The molecular formula is C17H27FN2. The van der Waals surface area contributed by atoms with Gasteiger partial charge < -0.3 is 5.32 Å². The van der Waals surface area contributed by atoms with E-state index in [-0.39, 0.29) is 11.4 Å². The molecule has 0 saturated carbocycles. The number of nitrogens with one attached hydrogen (secondary N) is 1. The third-order valence-electron chi connectivity index (χ3n) is 4.30. The Morgan fingerprint density at radius 1 is 1.40 bits per heavy atom. The maximum Gasteiger partial charge on any atom is 0.123 e. The minimum Gasteiger partial charge on any atom is -0.309 e. The average Bonchev–Trinajstić information content (AvgIpc) is 2.31. The summed E-state index contributed by atoms with van der Waals surface area (Å²) >= 11 is 0. The Bertz CT molecular complexity index is 468. The molecule has 3 heteroatoms. The molecule has 1 N–H and O–H groups in total.